The van der Waals surface area contributed by atoms with Crippen molar-refractivity contribution in [2.45, 2.75) is 17.6 Å². The number of thiophene rings is 1. The molecule has 0 atom stereocenters. The van der Waals surface area contributed by atoms with E-state index in [4.69, 9.17) is 4.74 Å². The molecule has 28 heavy (non-hydrogen) atoms. The van der Waals surface area contributed by atoms with E-state index in [0.29, 0.717) is 16.7 Å². The van der Waals surface area contributed by atoms with Crippen LogP contribution in [-0.2, 0) is 16.4 Å². The number of rotatable bonds is 10. The van der Waals surface area contributed by atoms with E-state index < -0.39 is 10.0 Å². The zero-order valence-electron chi connectivity index (χ0n) is 16.0. The summed E-state index contributed by atoms with van der Waals surface area (Å²) in [6, 6.07) is 11.2. The average molecular weight is 538 g/mol. The minimum absolute atomic E-state index is 0. The highest BCUT2D eigenvalue weighted by molar-refractivity contribution is 14.0. The number of hydrogen-bond acceptors (Lipinski definition) is 5. The van der Waals surface area contributed by atoms with E-state index in [0.717, 1.165) is 25.3 Å². The molecule has 0 fully saturated rings. The summed E-state index contributed by atoms with van der Waals surface area (Å²) < 4.78 is 32.1. The molecule has 7 nitrogen and oxygen atoms in total. The summed E-state index contributed by atoms with van der Waals surface area (Å²) in [5.74, 6) is 1.51. The molecule has 0 aliphatic carbocycles. The van der Waals surface area contributed by atoms with Crippen LogP contribution in [0.2, 0.25) is 0 Å². The van der Waals surface area contributed by atoms with Crippen LogP contribution in [-0.4, -0.2) is 47.7 Å². The lowest BCUT2D eigenvalue weighted by Gasteiger charge is -2.11. The predicted molar refractivity (Wildman–Crippen MR) is 126 cm³/mol. The lowest BCUT2D eigenvalue weighted by atomic mass is 10.1. The van der Waals surface area contributed by atoms with E-state index in [1.54, 1.807) is 24.6 Å². The normalized spacial score (nSPS) is 11.6. The number of sulfonamides is 1. The second-order valence-corrected chi connectivity index (χ2v) is 8.56. The summed E-state index contributed by atoms with van der Waals surface area (Å²) in [6.07, 6.45) is 0.847. The first-order valence-corrected chi connectivity index (χ1v) is 11.1. The maximum absolute atomic E-state index is 12.0. The topological polar surface area (TPSA) is 91.8 Å². The van der Waals surface area contributed by atoms with Crippen LogP contribution < -0.4 is 20.1 Å². The second kappa shape index (κ2) is 13.0. The Labute approximate surface area is 188 Å². The van der Waals surface area contributed by atoms with Crippen LogP contribution in [0.5, 0.6) is 5.75 Å². The zero-order valence-corrected chi connectivity index (χ0v) is 19.9. The Morgan fingerprint density at radius 2 is 1.89 bits per heavy atom. The Bertz CT molecular complexity index is 810. The van der Waals surface area contributed by atoms with Gasteiger partial charge in [-0.3, -0.25) is 4.99 Å². The molecule has 1 aromatic heterocycles. The van der Waals surface area contributed by atoms with Crippen LogP contribution in [0, 0.1) is 0 Å². The van der Waals surface area contributed by atoms with Crippen LogP contribution in [0.4, 0.5) is 0 Å². The van der Waals surface area contributed by atoms with Crippen molar-refractivity contribution in [1.82, 2.24) is 15.4 Å². The standard InChI is InChI=1S/C18H26N4O3S2.HI/c1-3-19-18(20-11-10-15-6-8-16(25-2)9-7-15)21-12-13-22-27(23,24)17-5-4-14-26-17;/h4-9,14,22H,3,10-13H2,1-2H3,(H2,19,20,21);1H. The molecule has 3 N–H and O–H groups in total. The zero-order chi connectivity index (χ0) is 19.5. The van der Waals surface area contributed by atoms with Crippen molar-refractivity contribution in [3.63, 3.8) is 0 Å². The molecule has 0 saturated heterocycles. The van der Waals surface area contributed by atoms with Gasteiger partial charge in [-0.05, 0) is 42.5 Å². The van der Waals surface area contributed by atoms with E-state index in [1.807, 2.05) is 31.2 Å². The molecule has 0 amide bonds. The Hall–Kier alpha value is -1.37. The second-order valence-electron chi connectivity index (χ2n) is 5.62. The predicted octanol–water partition coefficient (Wildman–Crippen LogP) is 2.45. The molecule has 0 aliphatic heterocycles. The molecule has 1 heterocycles. The van der Waals surface area contributed by atoms with Crippen molar-refractivity contribution >= 4 is 51.3 Å². The quantitative estimate of drug-likeness (QED) is 0.187. The van der Waals surface area contributed by atoms with Gasteiger partial charge in [0.1, 0.15) is 9.96 Å². The molecule has 2 aromatic rings. The summed E-state index contributed by atoms with van der Waals surface area (Å²) in [4.78, 5) is 4.41. The molecule has 0 aliphatic rings. The van der Waals surface area contributed by atoms with Crippen molar-refractivity contribution in [2.75, 3.05) is 33.3 Å². The number of halogens is 1. The van der Waals surface area contributed by atoms with Crippen molar-refractivity contribution in [2.24, 2.45) is 4.99 Å². The van der Waals surface area contributed by atoms with Gasteiger partial charge in [-0.15, -0.1) is 35.3 Å². The fourth-order valence-electron chi connectivity index (χ4n) is 2.29. The lowest BCUT2D eigenvalue weighted by Crippen LogP contribution is -2.39. The third kappa shape index (κ3) is 8.33. The number of methoxy groups -OCH3 is 1. The number of nitrogens with one attached hydrogen (secondary N) is 3. The minimum Gasteiger partial charge on any atom is -0.497 e. The van der Waals surface area contributed by atoms with Gasteiger partial charge < -0.3 is 15.4 Å². The lowest BCUT2D eigenvalue weighted by molar-refractivity contribution is 0.414. The molecule has 2 rings (SSSR count). The summed E-state index contributed by atoms with van der Waals surface area (Å²) in [5, 5.41) is 8.15. The SMILES string of the molecule is CCNC(=NCCNS(=O)(=O)c1cccs1)NCCc1ccc(OC)cc1.I. The molecule has 0 radical (unpaired) electrons. The first-order chi connectivity index (χ1) is 13.0. The van der Waals surface area contributed by atoms with Gasteiger partial charge in [-0.2, -0.15) is 0 Å². The van der Waals surface area contributed by atoms with Crippen molar-refractivity contribution in [3.8, 4) is 5.75 Å². The highest BCUT2D eigenvalue weighted by Crippen LogP contribution is 2.14. The van der Waals surface area contributed by atoms with E-state index in [1.165, 1.54) is 16.9 Å². The molecule has 10 heteroatoms. The van der Waals surface area contributed by atoms with Gasteiger partial charge in [-0.1, -0.05) is 18.2 Å². The fraction of sp³-hybridized carbons (Fsp3) is 0.389. The number of aliphatic imine (C=N–C) groups is 1. The third-order valence-corrected chi connectivity index (χ3v) is 6.50. The molecule has 0 unspecified atom stereocenters. The Balaban J connectivity index is 0.00000392. The maximum Gasteiger partial charge on any atom is 0.250 e. The molecule has 0 saturated carbocycles. The number of guanidine groups is 1. The van der Waals surface area contributed by atoms with Crippen LogP contribution in [0.3, 0.4) is 0 Å². The average Bonchev–Trinajstić information content (AvgIpc) is 3.21. The summed E-state index contributed by atoms with van der Waals surface area (Å²) in [6.45, 7) is 4.03. The van der Waals surface area contributed by atoms with E-state index in [-0.39, 0.29) is 30.5 Å². The minimum atomic E-state index is -3.44. The van der Waals surface area contributed by atoms with Crippen LogP contribution in [0.1, 0.15) is 12.5 Å². The van der Waals surface area contributed by atoms with Crippen LogP contribution in [0.25, 0.3) is 0 Å². The smallest absolute Gasteiger partial charge is 0.250 e. The Morgan fingerprint density at radius 1 is 1.14 bits per heavy atom. The van der Waals surface area contributed by atoms with Gasteiger partial charge in [0.2, 0.25) is 10.0 Å². The summed E-state index contributed by atoms with van der Waals surface area (Å²) >= 11 is 1.19. The van der Waals surface area contributed by atoms with Crippen molar-refractivity contribution < 1.29 is 13.2 Å². The van der Waals surface area contributed by atoms with Gasteiger partial charge >= 0.3 is 0 Å². The number of nitrogens with zero attached hydrogens (tertiary/aromatic N) is 1. The van der Waals surface area contributed by atoms with Crippen molar-refractivity contribution in [1.29, 1.82) is 0 Å². The van der Waals surface area contributed by atoms with E-state index in [9.17, 15) is 8.42 Å². The first-order valence-electron chi connectivity index (χ1n) is 8.73. The molecular formula is C18H27IN4O3S2. The molecule has 0 bridgehead atoms. The highest BCUT2D eigenvalue weighted by atomic mass is 127. The highest BCUT2D eigenvalue weighted by Gasteiger charge is 2.13. The molecule has 0 spiro atoms. The van der Waals surface area contributed by atoms with Gasteiger partial charge in [0.05, 0.1) is 13.7 Å². The van der Waals surface area contributed by atoms with E-state index >= 15 is 0 Å². The van der Waals surface area contributed by atoms with Gasteiger partial charge in [-0.25, -0.2) is 13.1 Å². The van der Waals surface area contributed by atoms with Gasteiger partial charge in [0.15, 0.2) is 5.96 Å². The molecule has 1 aromatic carbocycles. The largest absolute Gasteiger partial charge is 0.497 e. The van der Waals surface area contributed by atoms with Crippen LogP contribution in [0.15, 0.2) is 51.0 Å². The Morgan fingerprint density at radius 3 is 2.50 bits per heavy atom. The number of benzene rings is 1. The third-order valence-electron chi connectivity index (χ3n) is 3.64. The van der Waals surface area contributed by atoms with Crippen molar-refractivity contribution in [3.05, 3.63) is 47.3 Å². The number of hydrogen-bond donors (Lipinski definition) is 3. The number of ether oxygens (including phenoxy) is 1. The maximum atomic E-state index is 12.0. The monoisotopic (exact) mass is 538 g/mol. The summed E-state index contributed by atoms with van der Waals surface area (Å²) in [5.41, 5.74) is 1.20. The summed E-state index contributed by atoms with van der Waals surface area (Å²) in [7, 11) is -1.79. The van der Waals surface area contributed by atoms with Crippen LogP contribution >= 0.6 is 35.3 Å². The first kappa shape index (κ1) is 24.7. The molecular weight excluding hydrogens is 511 g/mol. The van der Waals surface area contributed by atoms with Gasteiger partial charge in [0, 0.05) is 19.6 Å². The Kier molecular flexibility index (Phi) is 11.4. The fourth-order valence-corrected chi connectivity index (χ4v) is 4.35. The van der Waals surface area contributed by atoms with Gasteiger partial charge in [0.25, 0.3) is 0 Å². The molecule has 156 valence electrons. The van der Waals surface area contributed by atoms with E-state index in [2.05, 4.69) is 20.3 Å².